The van der Waals surface area contributed by atoms with Crippen molar-refractivity contribution in [2.75, 3.05) is 65.7 Å². The van der Waals surface area contributed by atoms with E-state index in [2.05, 4.69) is 53.3 Å². The zero-order valence-electron chi connectivity index (χ0n) is 18.2. The average Bonchev–Trinajstić information content (AvgIpc) is 3.20. The van der Waals surface area contributed by atoms with Crippen LogP contribution in [0.3, 0.4) is 0 Å². The van der Waals surface area contributed by atoms with Crippen LogP contribution in [-0.4, -0.2) is 81.5 Å². The Morgan fingerprint density at radius 2 is 1.83 bits per heavy atom. The normalized spacial score (nSPS) is 18.7. The maximum atomic E-state index is 5.46. The van der Waals surface area contributed by atoms with Crippen LogP contribution in [0.15, 0.2) is 23.2 Å². The lowest BCUT2D eigenvalue weighted by atomic mass is 10.1. The van der Waals surface area contributed by atoms with Crippen LogP contribution in [0.25, 0.3) is 0 Å². The highest BCUT2D eigenvalue weighted by molar-refractivity contribution is 5.79. The highest BCUT2D eigenvalue weighted by atomic mass is 16.7. The van der Waals surface area contributed by atoms with Crippen LogP contribution in [0, 0.1) is 5.92 Å². The second-order valence-corrected chi connectivity index (χ2v) is 7.92. The number of rotatable bonds is 9. The van der Waals surface area contributed by atoms with Crippen LogP contribution >= 0.6 is 0 Å². The van der Waals surface area contributed by atoms with Gasteiger partial charge in [0.05, 0.1) is 0 Å². The van der Waals surface area contributed by atoms with E-state index in [9.17, 15) is 0 Å². The minimum absolute atomic E-state index is 0.320. The van der Waals surface area contributed by atoms with Crippen molar-refractivity contribution in [2.24, 2.45) is 10.9 Å². The number of likely N-dealkylation sites (N-methyl/N-ethyl adjacent to an activating group) is 1. The maximum absolute atomic E-state index is 5.46. The van der Waals surface area contributed by atoms with E-state index in [-0.39, 0.29) is 0 Å². The van der Waals surface area contributed by atoms with Gasteiger partial charge in [0.1, 0.15) is 0 Å². The van der Waals surface area contributed by atoms with Gasteiger partial charge in [-0.3, -0.25) is 4.99 Å². The molecule has 2 aliphatic heterocycles. The summed E-state index contributed by atoms with van der Waals surface area (Å²) in [6.07, 6.45) is 0.915. The van der Waals surface area contributed by atoms with Crippen molar-refractivity contribution in [3.8, 4) is 11.5 Å². The third-order valence-corrected chi connectivity index (χ3v) is 5.53. The molecule has 7 nitrogen and oxygen atoms in total. The molecule has 0 radical (unpaired) electrons. The lowest BCUT2D eigenvalue weighted by Gasteiger charge is -2.35. The molecule has 3 rings (SSSR count). The Morgan fingerprint density at radius 3 is 2.59 bits per heavy atom. The van der Waals surface area contributed by atoms with Gasteiger partial charge < -0.3 is 29.9 Å². The third kappa shape index (κ3) is 6.78. The Labute approximate surface area is 175 Å². The fourth-order valence-corrected chi connectivity index (χ4v) is 3.80. The molecule has 0 bridgehead atoms. The maximum Gasteiger partial charge on any atom is 0.231 e. The molecule has 0 amide bonds. The molecule has 2 aliphatic rings. The molecule has 2 N–H and O–H groups in total. The van der Waals surface area contributed by atoms with Crippen molar-refractivity contribution in [1.82, 2.24) is 20.4 Å². The van der Waals surface area contributed by atoms with Gasteiger partial charge in [0.2, 0.25) is 6.79 Å². The van der Waals surface area contributed by atoms with Crippen molar-refractivity contribution >= 4 is 5.96 Å². The van der Waals surface area contributed by atoms with Gasteiger partial charge in [-0.1, -0.05) is 19.9 Å². The minimum atomic E-state index is 0.320. The van der Waals surface area contributed by atoms with Crippen LogP contribution in [-0.2, 0) is 6.42 Å². The van der Waals surface area contributed by atoms with E-state index in [1.807, 2.05) is 6.07 Å². The number of nitrogens with one attached hydrogen (secondary N) is 2. The van der Waals surface area contributed by atoms with Crippen molar-refractivity contribution < 1.29 is 9.47 Å². The zero-order valence-corrected chi connectivity index (χ0v) is 18.2. The molecular formula is C22H37N5O2. The van der Waals surface area contributed by atoms with Gasteiger partial charge in [-0.25, -0.2) is 0 Å². The summed E-state index contributed by atoms with van der Waals surface area (Å²) in [5.41, 5.74) is 1.23. The molecule has 1 atom stereocenters. The first-order chi connectivity index (χ1) is 14.2. The quantitative estimate of drug-likeness (QED) is 0.484. The van der Waals surface area contributed by atoms with Crippen molar-refractivity contribution in [2.45, 2.75) is 27.2 Å². The van der Waals surface area contributed by atoms with Gasteiger partial charge in [-0.05, 0) is 43.5 Å². The Bertz CT molecular complexity index is 659. The summed E-state index contributed by atoms with van der Waals surface area (Å²) >= 11 is 0. The number of ether oxygens (including phenoxy) is 2. The second kappa shape index (κ2) is 11.3. The van der Waals surface area contributed by atoms with Gasteiger partial charge in [0.15, 0.2) is 17.5 Å². The molecule has 0 spiro atoms. The summed E-state index contributed by atoms with van der Waals surface area (Å²) in [6, 6.07) is 6.15. The number of hydrogen-bond acceptors (Lipinski definition) is 5. The van der Waals surface area contributed by atoms with Gasteiger partial charge in [0, 0.05) is 52.4 Å². The fraction of sp³-hybridized carbons (Fsp3) is 0.682. The van der Waals surface area contributed by atoms with Crippen LogP contribution in [0.2, 0.25) is 0 Å². The second-order valence-electron chi connectivity index (χ2n) is 7.92. The monoisotopic (exact) mass is 403 g/mol. The van der Waals surface area contributed by atoms with E-state index in [0.29, 0.717) is 12.7 Å². The average molecular weight is 404 g/mol. The number of fused-ring (bicyclic) bond motifs is 1. The first-order valence-electron chi connectivity index (χ1n) is 11.0. The van der Waals surface area contributed by atoms with E-state index in [0.717, 1.165) is 56.6 Å². The predicted molar refractivity (Wildman–Crippen MR) is 118 cm³/mol. The van der Waals surface area contributed by atoms with Crippen LogP contribution in [0.5, 0.6) is 11.5 Å². The molecule has 0 saturated carbocycles. The summed E-state index contributed by atoms with van der Waals surface area (Å²) in [7, 11) is 0. The van der Waals surface area contributed by atoms with E-state index < -0.39 is 0 Å². The number of hydrogen-bond donors (Lipinski definition) is 2. The molecule has 162 valence electrons. The Hall–Kier alpha value is -1.99. The molecule has 1 aromatic carbocycles. The molecule has 1 aromatic rings. The molecule has 1 unspecified atom stereocenters. The smallest absolute Gasteiger partial charge is 0.231 e. The lowest BCUT2D eigenvalue weighted by Crippen LogP contribution is -2.47. The van der Waals surface area contributed by atoms with Crippen molar-refractivity contribution in [3.63, 3.8) is 0 Å². The summed E-state index contributed by atoms with van der Waals surface area (Å²) in [5, 5.41) is 6.81. The van der Waals surface area contributed by atoms with Gasteiger partial charge in [0.25, 0.3) is 0 Å². The summed E-state index contributed by atoms with van der Waals surface area (Å²) in [6.45, 7) is 16.5. The van der Waals surface area contributed by atoms with E-state index in [1.54, 1.807) is 0 Å². The van der Waals surface area contributed by atoms with Gasteiger partial charge >= 0.3 is 0 Å². The van der Waals surface area contributed by atoms with Crippen LogP contribution in [0.1, 0.15) is 26.3 Å². The Kier molecular flexibility index (Phi) is 8.43. The molecule has 1 fully saturated rings. The van der Waals surface area contributed by atoms with E-state index in [4.69, 9.17) is 14.5 Å². The number of piperazine rings is 1. The number of benzene rings is 1. The van der Waals surface area contributed by atoms with Crippen molar-refractivity contribution in [3.05, 3.63) is 23.8 Å². The molecular weight excluding hydrogens is 366 g/mol. The molecule has 29 heavy (non-hydrogen) atoms. The Morgan fingerprint density at radius 1 is 1.07 bits per heavy atom. The highest BCUT2D eigenvalue weighted by Gasteiger charge is 2.17. The molecule has 0 aliphatic carbocycles. The fourth-order valence-electron chi connectivity index (χ4n) is 3.80. The SMILES string of the molecule is CCNC(=NCC(C)CN1CCN(CC)CC1)NCCc1ccc2c(c1)OCO2. The summed E-state index contributed by atoms with van der Waals surface area (Å²) in [4.78, 5) is 9.91. The lowest BCUT2D eigenvalue weighted by molar-refractivity contribution is 0.125. The standard InChI is InChI=1S/C22H37N5O2/c1-4-23-22(24-9-8-19-6-7-20-21(14-19)29-17-28-20)25-15-18(3)16-27-12-10-26(5-2)11-13-27/h6-7,14,18H,4-5,8-13,15-17H2,1-3H3,(H2,23,24,25). The topological polar surface area (TPSA) is 61.4 Å². The minimum Gasteiger partial charge on any atom is -0.454 e. The summed E-state index contributed by atoms with van der Waals surface area (Å²) < 4.78 is 10.8. The van der Waals surface area contributed by atoms with Crippen LogP contribution < -0.4 is 20.1 Å². The molecule has 7 heteroatoms. The third-order valence-electron chi connectivity index (χ3n) is 5.53. The largest absolute Gasteiger partial charge is 0.454 e. The molecule has 2 heterocycles. The number of guanidine groups is 1. The molecule has 1 saturated heterocycles. The number of nitrogens with zero attached hydrogens (tertiary/aromatic N) is 3. The van der Waals surface area contributed by atoms with Gasteiger partial charge in [-0.15, -0.1) is 0 Å². The first-order valence-corrected chi connectivity index (χ1v) is 11.0. The molecule has 0 aromatic heterocycles. The predicted octanol–water partition coefficient (Wildman–Crippen LogP) is 1.79. The van der Waals surface area contributed by atoms with E-state index >= 15 is 0 Å². The Balaban J connectivity index is 1.40. The van der Waals surface area contributed by atoms with E-state index in [1.165, 1.54) is 31.7 Å². The zero-order chi connectivity index (χ0) is 20.5. The number of aliphatic imine (C=N–C) groups is 1. The summed E-state index contributed by atoms with van der Waals surface area (Å²) in [5.74, 6) is 3.13. The van der Waals surface area contributed by atoms with Crippen molar-refractivity contribution in [1.29, 1.82) is 0 Å². The highest BCUT2D eigenvalue weighted by Crippen LogP contribution is 2.32. The van der Waals surface area contributed by atoms with Gasteiger partial charge in [-0.2, -0.15) is 0 Å². The first kappa shape index (κ1) is 21.7. The van der Waals surface area contributed by atoms with Crippen LogP contribution in [0.4, 0.5) is 0 Å².